The molecule has 2 aromatic rings. The summed E-state index contributed by atoms with van der Waals surface area (Å²) in [6, 6.07) is 5.28. The molecule has 0 radical (unpaired) electrons. The lowest BCUT2D eigenvalue weighted by Gasteiger charge is -2.09. The van der Waals surface area contributed by atoms with Crippen LogP contribution in [0.25, 0.3) is 0 Å². The number of aliphatic hydroxyl groups is 1. The molecule has 0 aliphatic carbocycles. The fourth-order valence-corrected chi connectivity index (χ4v) is 2.40. The zero-order valence-corrected chi connectivity index (χ0v) is 9.85. The minimum Gasteiger partial charge on any atom is -0.381 e. The second kappa shape index (κ2) is 4.49. The Balaban J connectivity index is 2.38. The number of thiophene rings is 1. The number of hydrogen-bond donors (Lipinski definition) is 1. The van der Waals surface area contributed by atoms with Crippen LogP contribution in [0.5, 0.6) is 0 Å². The summed E-state index contributed by atoms with van der Waals surface area (Å²) in [5.41, 5.74) is 0.434. The van der Waals surface area contributed by atoms with E-state index in [-0.39, 0.29) is 0 Å². The lowest BCUT2D eigenvalue weighted by molar-refractivity contribution is 0.219. The van der Waals surface area contributed by atoms with Crippen molar-refractivity contribution in [1.82, 2.24) is 4.98 Å². The first-order valence-corrected chi connectivity index (χ1v) is 5.84. The van der Waals surface area contributed by atoms with Gasteiger partial charge in [-0.3, -0.25) is 4.98 Å². The van der Waals surface area contributed by atoms with Crippen molar-refractivity contribution >= 4 is 34.5 Å². The zero-order chi connectivity index (χ0) is 10.8. The van der Waals surface area contributed by atoms with Crippen molar-refractivity contribution in [3.8, 4) is 0 Å². The van der Waals surface area contributed by atoms with Crippen LogP contribution >= 0.6 is 34.5 Å². The second-order valence-corrected chi connectivity index (χ2v) is 4.76. The molecule has 1 unspecified atom stereocenters. The molecule has 0 spiro atoms. The predicted molar refractivity (Wildman–Crippen MR) is 62.6 cm³/mol. The van der Waals surface area contributed by atoms with Crippen LogP contribution in [0.1, 0.15) is 16.7 Å². The third kappa shape index (κ3) is 2.32. The molecule has 0 saturated carbocycles. The first-order valence-electron chi connectivity index (χ1n) is 4.21. The molecule has 0 saturated heterocycles. The number of pyridine rings is 1. The molecule has 78 valence electrons. The van der Waals surface area contributed by atoms with Crippen LogP contribution in [0.15, 0.2) is 29.8 Å². The fourth-order valence-electron chi connectivity index (χ4n) is 1.21. The number of halogens is 2. The van der Waals surface area contributed by atoms with Crippen molar-refractivity contribution in [2.45, 2.75) is 6.10 Å². The topological polar surface area (TPSA) is 33.1 Å². The molecule has 2 heterocycles. The van der Waals surface area contributed by atoms with Crippen molar-refractivity contribution in [1.29, 1.82) is 0 Å². The van der Waals surface area contributed by atoms with Gasteiger partial charge in [0.1, 0.15) is 6.10 Å². The van der Waals surface area contributed by atoms with E-state index >= 15 is 0 Å². The van der Waals surface area contributed by atoms with Gasteiger partial charge in [0.25, 0.3) is 0 Å². The molecule has 2 aromatic heterocycles. The van der Waals surface area contributed by atoms with Gasteiger partial charge in [0.15, 0.2) is 0 Å². The first-order chi connectivity index (χ1) is 7.18. The molecule has 0 fully saturated rings. The maximum absolute atomic E-state index is 9.97. The third-order valence-electron chi connectivity index (χ3n) is 1.91. The Hall–Kier alpha value is -0.610. The fraction of sp³-hybridized carbons (Fsp3) is 0.100. The molecule has 0 aliphatic rings. The molecule has 0 bridgehead atoms. The average Bonchev–Trinajstić information content (AvgIpc) is 2.69. The Morgan fingerprint density at radius 1 is 1.40 bits per heavy atom. The van der Waals surface area contributed by atoms with E-state index in [1.807, 2.05) is 17.5 Å². The normalized spacial score (nSPS) is 12.7. The largest absolute Gasteiger partial charge is 0.381 e. The molecule has 1 N–H and O–H groups in total. The van der Waals surface area contributed by atoms with Crippen molar-refractivity contribution in [3.05, 3.63) is 50.4 Å². The van der Waals surface area contributed by atoms with Crippen molar-refractivity contribution in [2.75, 3.05) is 0 Å². The van der Waals surface area contributed by atoms with Gasteiger partial charge in [0.05, 0.1) is 15.7 Å². The quantitative estimate of drug-likeness (QED) is 0.895. The van der Waals surface area contributed by atoms with Crippen LogP contribution in [0.3, 0.4) is 0 Å². The van der Waals surface area contributed by atoms with Crippen LogP contribution in [0.4, 0.5) is 0 Å². The van der Waals surface area contributed by atoms with Gasteiger partial charge in [0.2, 0.25) is 0 Å². The molecule has 0 aliphatic heterocycles. The van der Waals surface area contributed by atoms with E-state index in [1.165, 1.54) is 17.5 Å². The van der Waals surface area contributed by atoms with E-state index in [1.54, 1.807) is 6.07 Å². The Morgan fingerprint density at radius 3 is 2.80 bits per heavy atom. The maximum atomic E-state index is 9.97. The molecule has 2 nitrogen and oxygen atoms in total. The Morgan fingerprint density at radius 2 is 2.20 bits per heavy atom. The van der Waals surface area contributed by atoms with Crippen molar-refractivity contribution < 1.29 is 5.11 Å². The van der Waals surface area contributed by atoms with Gasteiger partial charge in [-0.2, -0.15) is 0 Å². The molecule has 15 heavy (non-hydrogen) atoms. The highest BCUT2D eigenvalue weighted by Gasteiger charge is 2.16. The minimum absolute atomic E-state index is 0.378. The first kappa shape index (κ1) is 10.9. The summed E-state index contributed by atoms with van der Waals surface area (Å²) in [6.07, 6.45) is 0.689. The summed E-state index contributed by atoms with van der Waals surface area (Å²) in [6.45, 7) is 0. The van der Waals surface area contributed by atoms with E-state index in [2.05, 4.69) is 4.98 Å². The zero-order valence-electron chi connectivity index (χ0n) is 7.52. The van der Waals surface area contributed by atoms with Crippen LogP contribution in [0, 0.1) is 0 Å². The molecule has 1 atom stereocenters. The minimum atomic E-state index is -0.783. The van der Waals surface area contributed by atoms with E-state index in [0.717, 1.165) is 4.88 Å². The van der Waals surface area contributed by atoms with Gasteiger partial charge >= 0.3 is 0 Å². The number of hydrogen-bond acceptors (Lipinski definition) is 3. The number of nitrogens with zero attached hydrogens (tertiary/aromatic N) is 1. The number of aromatic nitrogens is 1. The Bertz CT molecular complexity index is 458. The lowest BCUT2D eigenvalue weighted by Crippen LogP contribution is -2.00. The van der Waals surface area contributed by atoms with Crippen molar-refractivity contribution in [3.63, 3.8) is 0 Å². The third-order valence-corrected chi connectivity index (χ3v) is 3.34. The molecular weight excluding hydrogens is 253 g/mol. The monoisotopic (exact) mass is 259 g/mol. The standard InChI is InChI=1S/C10H7Cl2NOS/c11-6-4-7(12)9(13-5-6)10(14)8-2-1-3-15-8/h1-5,10,14H. The smallest absolute Gasteiger partial charge is 0.132 e. The summed E-state index contributed by atoms with van der Waals surface area (Å²) >= 11 is 13.1. The van der Waals surface area contributed by atoms with E-state index in [9.17, 15) is 5.11 Å². The van der Waals surface area contributed by atoms with E-state index in [0.29, 0.717) is 15.7 Å². The summed E-state index contributed by atoms with van der Waals surface area (Å²) in [7, 11) is 0. The van der Waals surface area contributed by atoms with Crippen LogP contribution in [-0.4, -0.2) is 10.1 Å². The molecule has 0 aromatic carbocycles. The molecule has 0 amide bonds. The van der Waals surface area contributed by atoms with Crippen LogP contribution < -0.4 is 0 Å². The van der Waals surface area contributed by atoms with Gasteiger partial charge in [-0.1, -0.05) is 29.3 Å². The summed E-state index contributed by atoms with van der Waals surface area (Å²) in [5, 5.41) is 12.7. The number of aliphatic hydroxyl groups excluding tert-OH is 1. The van der Waals surface area contributed by atoms with Crippen LogP contribution in [-0.2, 0) is 0 Å². The molecular formula is C10H7Cl2NOS. The van der Waals surface area contributed by atoms with E-state index in [4.69, 9.17) is 23.2 Å². The highest BCUT2D eigenvalue weighted by molar-refractivity contribution is 7.10. The van der Waals surface area contributed by atoms with Gasteiger partial charge in [-0.15, -0.1) is 11.3 Å². The van der Waals surface area contributed by atoms with E-state index < -0.39 is 6.10 Å². The summed E-state index contributed by atoms with van der Waals surface area (Å²) in [5.74, 6) is 0. The summed E-state index contributed by atoms with van der Waals surface area (Å²) < 4.78 is 0. The van der Waals surface area contributed by atoms with Gasteiger partial charge in [-0.25, -0.2) is 0 Å². The number of rotatable bonds is 2. The highest BCUT2D eigenvalue weighted by Crippen LogP contribution is 2.30. The highest BCUT2D eigenvalue weighted by atomic mass is 35.5. The second-order valence-electron chi connectivity index (χ2n) is 2.94. The van der Waals surface area contributed by atoms with Crippen LogP contribution in [0.2, 0.25) is 10.0 Å². The lowest BCUT2D eigenvalue weighted by atomic mass is 10.2. The Kier molecular flexibility index (Phi) is 3.26. The predicted octanol–water partition coefficient (Wildman–Crippen LogP) is 3.53. The molecule has 2 rings (SSSR count). The van der Waals surface area contributed by atoms with Crippen molar-refractivity contribution in [2.24, 2.45) is 0 Å². The van der Waals surface area contributed by atoms with Gasteiger partial charge in [-0.05, 0) is 17.5 Å². The molecule has 5 heteroatoms. The Labute approximate surface area is 101 Å². The van der Waals surface area contributed by atoms with Gasteiger partial charge < -0.3 is 5.11 Å². The average molecular weight is 260 g/mol. The SMILES string of the molecule is OC(c1cccs1)c1ncc(Cl)cc1Cl. The summed E-state index contributed by atoms with van der Waals surface area (Å²) in [4.78, 5) is 4.84. The van der Waals surface area contributed by atoms with Gasteiger partial charge in [0, 0.05) is 11.1 Å². The maximum Gasteiger partial charge on any atom is 0.132 e.